The smallest absolute Gasteiger partial charge is 0.234 e. The molecule has 2 amide bonds. The summed E-state index contributed by atoms with van der Waals surface area (Å²) >= 11 is 3.00. The van der Waals surface area contributed by atoms with Crippen molar-refractivity contribution in [1.29, 1.82) is 0 Å². The Morgan fingerprint density at radius 3 is 2.86 bits per heavy atom. The van der Waals surface area contributed by atoms with Gasteiger partial charge >= 0.3 is 0 Å². The molecule has 1 aliphatic heterocycles. The Morgan fingerprint density at radius 1 is 1.28 bits per heavy atom. The van der Waals surface area contributed by atoms with Crippen LogP contribution in [-0.2, 0) is 22.6 Å². The molecular formula is C20H21N5O2S2. The normalized spacial score (nSPS) is 12.8. The van der Waals surface area contributed by atoms with Crippen LogP contribution in [0.2, 0.25) is 0 Å². The monoisotopic (exact) mass is 427 g/mol. The minimum Gasteiger partial charge on any atom is -0.325 e. The highest BCUT2D eigenvalue weighted by molar-refractivity contribution is 7.99. The molecule has 3 aromatic rings. The van der Waals surface area contributed by atoms with Crippen LogP contribution in [0.15, 0.2) is 40.9 Å². The maximum absolute atomic E-state index is 12.4. The predicted molar refractivity (Wildman–Crippen MR) is 117 cm³/mol. The lowest BCUT2D eigenvalue weighted by Crippen LogP contribution is -2.25. The van der Waals surface area contributed by atoms with E-state index >= 15 is 0 Å². The Labute approximate surface area is 177 Å². The number of hydrogen-bond acceptors (Lipinski definition) is 6. The van der Waals surface area contributed by atoms with Crippen molar-refractivity contribution in [3.8, 4) is 10.7 Å². The van der Waals surface area contributed by atoms with Gasteiger partial charge in [-0.15, -0.1) is 21.5 Å². The van der Waals surface area contributed by atoms with E-state index in [0.29, 0.717) is 6.54 Å². The number of fused-ring (bicyclic) bond motifs is 1. The lowest BCUT2D eigenvalue weighted by atomic mass is 10.1. The van der Waals surface area contributed by atoms with Crippen molar-refractivity contribution in [2.75, 3.05) is 22.5 Å². The molecule has 0 unspecified atom stereocenters. The van der Waals surface area contributed by atoms with Crippen LogP contribution < -0.4 is 10.2 Å². The van der Waals surface area contributed by atoms with Gasteiger partial charge in [-0.1, -0.05) is 17.8 Å². The van der Waals surface area contributed by atoms with Crippen LogP contribution in [0.3, 0.4) is 0 Å². The van der Waals surface area contributed by atoms with Gasteiger partial charge < -0.3 is 14.8 Å². The summed E-state index contributed by atoms with van der Waals surface area (Å²) in [6.45, 7) is 5.04. The zero-order valence-corrected chi connectivity index (χ0v) is 17.8. The largest absolute Gasteiger partial charge is 0.325 e. The third-order valence-corrected chi connectivity index (χ3v) is 6.58. The van der Waals surface area contributed by atoms with E-state index in [2.05, 4.69) is 15.5 Å². The fourth-order valence-electron chi connectivity index (χ4n) is 3.40. The van der Waals surface area contributed by atoms with Crippen LogP contribution in [0.25, 0.3) is 10.7 Å². The van der Waals surface area contributed by atoms with Gasteiger partial charge in [-0.25, -0.2) is 0 Å². The van der Waals surface area contributed by atoms with E-state index in [9.17, 15) is 9.59 Å². The van der Waals surface area contributed by atoms with Gasteiger partial charge in [-0.3, -0.25) is 9.59 Å². The van der Waals surface area contributed by atoms with Gasteiger partial charge in [-0.05, 0) is 48.6 Å². The molecule has 0 fully saturated rings. The van der Waals surface area contributed by atoms with Crippen LogP contribution in [-0.4, -0.2) is 38.9 Å². The second-order valence-corrected chi connectivity index (χ2v) is 8.52. The fraction of sp³-hybridized carbons (Fsp3) is 0.300. The van der Waals surface area contributed by atoms with Gasteiger partial charge in [0, 0.05) is 31.4 Å². The lowest BCUT2D eigenvalue weighted by Gasteiger charge is -2.15. The highest BCUT2D eigenvalue weighted by Gasteiger charge is 2.22. The van der Waals surface area contributed by atoms with E-state index in [1.165, 1.54) is 11.8 Å². The second-order valence-electron chi connectivity index (χ2n) is 6.63. The topological polar surface area (TPSA) is 80.1 Å². The molecule has 0 aliphatic carbocycles. The molecule has 1 aliphatic rings. The number of aromatic nitrogens is 3. The number of carbonyl (C=O) groups is 2. The Morgan fingerprint density at radius 2 is 2.14 bits per heavy atom. The van der Waals surface area contributed by atoms with Crippen molar-refractivity contribution in [2.24, 2.45) is 0 Å². The summed E-state index contributed by atoms with van der Waals surface area (Å²) in [7, 11) is 0. The minimum atomic E-state index is -0.0975. The van der Waals surface area contributed by atoms with Crippen molar-refractivity contribution in [2.45, 2.75) is 32.0 Å². The van der Waals surface area contributed by atoms with E-state index < -0.39 is 0 Å². The van der Waals surface area contributed by atoms with Crippen LogP contribution in [0.4, 0.5) is 11.4 Å². The van der Waals surface area contributed by atoms with Gasteiger partial charge in [0.2, 0.25) is 11.8 Å². The first-order valence-electron chi connectivity index (χ1n) is 9.37. The number of amides is 2. The molecule has 1 N–H and O–H groups in total. The van der Waals surface area contributed by atoms with E-state index in [0.717, 1.165) is 45.8 Å². The molecule has 0 saturated carbocycles. The molecule has 150 valence electrons. The first kappa shape index (κ1) is 19.7. The molecular weight excluding hydrogens is 406 g/mol. The highest BCUT2D eigenvalue weighted by atomic mass is 32.2. The summed E-state index contributed by atoms with van der Waals surface area (Å²) < 4.78 is 2.02. The number of hydrogen-bond donors (Lipinski definition) is 1. The number of nitrogens with one attached hydrogen (secondary N) is 1. The van der Waals surface area contributed by atoms with Crippen molar-refractivity contribution in [1.82, 2.24) is 14.8 Å². The van der Waals surface area contributed by atoms with Gasteiger partial charge in [-0.2, -0.15) is 0 Å². The molecule has 2 aromatic heterocycles. The summed E-state index contributed by atoms with van der Waals surface area (Å²) in [5.41, 5.74) is 2.76. The van der Waals surface area contributed by atoms with Gasteiger partial charge in [0.05, 0.1) is 10.6 Å². The summed E-state index contributed by atoms with van der Waals surface area (Å²) in [6.07, 6.45) is 0.804. The van der Waals surface area contributed by atoms with Crippen LogP contribution >= 0.6 is 23.1 Å². The summed E-state index contributed by atoms with van der Waals surface area (Å²) in [4.78, 5) is 26.9. The van der Waals surface area contributed by atoms with Crippen LogP contribution in [0.1, 0.15) is 19.4 Å². The number of carbonyl (C=O) groups excluding carboxylic acids is 2. The molecule has 1 aromatic carbocycles. The van der Waals surface area contributed by atoms with Gasteiger partial charge in [0.1, 0.15) is 0 Å². The molecule has 29 heavy (non-hydrogen) atoms. The lowest BCUT2D eigenvalue weighted by molar-refractivity contribution is -0.116. The third-order valence-electron chi connectivity index (χ3n) is 4.75. The standard InChI is InChI=1S/C20H21N5O2S2/c1-3-24-19(17-5-4-10-28-17)22-23-20(24)29-12-18(27)21-15-6-7-16-14(11-15)8-9-25(16)13(2)26/h4-7,10-11H,3,8-9,12H2,1-2H3,(H,21,27). The average Bonchev–Trinajstić information content (AvgIpc) is 3.44. The number of benzene rings is 1. The molecule has 9 heteroatoms. The molecule has 0 radical (unpaired) electrons. The number of thioether (sulfide) groups is 1. The quantitative estimate of drug-likeness (QED) is 0.607. The van der Waals surface area contributed by atoms with Crippen molar-refractivity contribution < 1.29 is 9.59 Å². The zero-order valence-electron chi connectivity index (χ0n) is 16.2. The predicted octanol–water partition coefficient (Wildman–Crippen LogP) is 3.67. The molecule has 7 nitrogen and oxygen atoms in total. The number of thiophene rings is 1. The maximum Gasteiger partial charge on any atom is 0.234 e. The molecule has 4 rings (SSSR count). The average molecular weight is 428 g/mol. The summed E-state index contributed by atoms with van der Waals surface area (Å²) in [5.74, 6) is 1.02. The van der Waals surface area contributed by atoms with Crippen molar-refractivity contribution in [3.05, 3.63) is 41.3 Å². The second kappa shape index (κ2) is 8.38. The minimum absolute atomic E-state index is 0.0406. The number of rotatable bonds is 6. The molecule has 0 saturated heterocycles. The third kappa shape index (κ3) is 4.06. The fourth-order valence-corrected chi connectivity index (χ4v) is 4.92. The van der Waals surface area contributed by atoms with E-state index in [4.69, 9.17) is 0 Å². The SMILES string of the molecule is CCn1c(SCC(=O)Nc2ccc3c(c2)CCN3C(C)=O)nnc1-c1cccs1. The molecule has 0 atom stereocenters. The van der Waals surface area contributed by atoms with Crippen molar-refractivity contribution >= 4 is 46.3 Å². The Balaban J connectivity index is 1.40. The van der Waals surface area contributed by atoms with Crippen LogP contribution in [0, 0.1) is 0 Å². The Bertz CT molecular complexity index is 1050. The van der Waals surface area contributed by atoms with E-state index in [-0.39, 0.29) is 17.6 Å². The molecule has 0 bridgehead atoms. The Hall–Kier alpha value is -2.65. The highest BCUT2D eigenvalue weighted by Crippen LogP contribution is 2.31. The summed E-state index contributed by atoms with van der Waals surface area (Å²) in [5, 5.41) is 14.2. The first-order valence-corrected chi connectivity index (χ1v) is 11.2. The number of anilines is 2. The maximum atomic E-state index is 12.4. The van der Waals surface area contributed by atoms with Crippen LogP contribution in [0.5, 0.6) is 0 Å². The number of nitrogens with zero attached hydrogens (tertiary/aromatic N) is 4. The summed E-state index contributed by atoms with van der Waals surface area (Å²) in [6, 6.07) is 9.69. The first-order chi connectivity index (χ1) is 14.1. The van der Waals surface area contributed by atoms with Gasteiger partial charge in [0.15, 0.2) is 11.0 Å². The zero-order chi connectivity index (χ0) is 20.4. The van der Waals surface area contributed by atoms with Crippen molar-refractivity contribution in [3.63, 3.8) is 0 Å². The van der Waals surface area contributed by atoms with Gasteiger partial charge in [0.25, 0.3) is 0 Å². The Kier molecular flexibility index (Phi) is 5.68. The molecule has 3 heterocycles. The molecule has 0 spiro atoms. The van der Waals surface area contributed by atoms with E-state index in [1.807, 2.05) is 47.2 Å². The van der Waals surface area contributed by atoms with E-state index in [1.54, 1.807) is 23.2 Å².